The van der Waals surface area contributed by atoms with Gasteiger partial charge in [0.2, 0.25) is 0 Å². The van der Waals surface area contributed by atoms with Crippen molar-refractivity contribution < 1.29 is 37.1 Å². The predicted octanol–water partition coefficient (Wildman–Crippen LogP) is 5.89. The Morgan fingerprint density at radius 1 is 1.02 bits per heavy atom. The maximum Gasteiger partial charge on any atom is 0.531 e. The molecule has 10 nitrogen and oxygen atoms in total. The van der Waals surface area contributed by atoms with E-state index in [1.807, 2.05) is 75.3 Å². The Bertz CT molecular complexity index is 1210. The first-order chi connectivity index (χ1) is 20.0. The molecule has 42 heavy (non-hydrogen) atoms. The lowest BCUT2D eigenvalue weighted by Gasteiger charge is -2.24. The summed E-state index contributed by atoms with van der Waals surface area (Å²) in [6.45, 7) is 6.34. The van der Waals surface area contributed by atoms with E-state index < -0.39 is 26.6 Å². The SMILES string of the molecule is CCN(CC)C(=O)C(Cl)=C(C)OP(=O)(OC)OCOC(COc1ccccc1CCc1cccc(OC)c1)CN(C)C. The van der Waals surface area contributed by atoms with Crippen molar-refractivity contribution in [2.45, 2.75) is 39.7 Å². The first-order valence-electron chi connectivity index (χ1n) is 13.8. The van der Waals surface area contributed by atoms with E-state index in [0.717, 1.165) is 29.9 Å². The Kier molecular flexibility index (Phi) is 15.4. The highest BCUT2D eigenvalue weighted by Crippen LogP contribution is 2.51. The summed E-state index contributed by atoms with van der Waals surface area (Å²) in [5.74, 6) is 1.07. The molecule has 0 bridgehead atoms. The molecule has 0 aliphatic rings. The van der Waals surface area contributed by atoms with Gasteiger partial charge in [-0.2, -0.15) is 0 Å². The van der Waals surface area contributed by atoms with Crippen LogP contribution in [0.2, 0.25) is 0 Å². The molecule has 0 saturated heterocycles. The second-order valence-corrected chi connectivity index (χ2v) is 11.7. The maximum absolute atomic E-state index is 13.1. The minimum atomic E-state index is -4.12. The minimum absolute atomic E-state index is 0.0718. The Morgan fingerprint density at radius 2 is 1.74 bits per heavy atom. The number of likely N-dealkylation sites (N-methyl/N-ethyl adjacent to an activating group) is 2. The van der Waals surface area contributed by atoms with Gasteiger partial charge in [-0.3, -0.25) is 9.32 Å². The van der Waals surface area contributed by atoms with Crippen molar-refractivity contribution in [3.05, 3.63) is 70.4 Å². The van der Waals surface area contributed by atoms with Gasteiger partial charge in [-0.05, 0) is 77.0 Å². The van der Waals surface area contributed by atoms with E-state index in [0.29, 0.717) is 19.6 Å². The zero-order chi connectivity index (χ0) is 31.1. The molecular formula is C30H44ClN2O8P. The summed E-state index contributed by atoms with van der Waals surface area (Å²) < 4.78 is 46.2. The number of carbonyl (C=O) groups is 1. The molecule has 2 aromatic rings. The number of rotatable bonds is 19. The third kappa shape index (κ3) is 11.6. The molecule has 2 aromatic carbocycles. The van der Waals surface area contributed by atoms with Crippen LogP contribution in [0.5, 0.6) is 11.5 Å². The van der Waals surface area contributed by atoms with E-state index in [4.69, 9.17) is 39.4 Å². The number of phosphoric ester groups is 1. The first-order valence-corrected chi connectivity index (χ1v) is 15.6. The van der Waals surface area contributed by atoms with E-state index in [2.05, 4.69) is 6.07 Å². The van der Waals surface area contributed by atoms with Crippen LogP contribution in [-0.2, 0) is 40.5 Å². The highest BCUT2D eigenvalue weighted by atomic mass is 35.5. The first kappa shape index (κ1) is 35.6. The number of hydrogen-bond donors (Lipinski definition) is 0. The Labute approximate surface area is 255 Å². The summed E-state index contributed by atoms with van der Waals surface area (Å²) in [5, 5.41) is -0.204. The summed E-state index contributed by atoms with van der Waals surface area (Å²) in [7, 11) is 2.53. The zero-order valence-electron chi connectivity index (χ0n) is 25.6. The fourth-order valence-corrected chi connectivity index (χ4v) is 5.08. The van der Waals surface area contributed by atoms with Crippen LogP contribution >= 0.6 is 19.4 Å². The van der Waals surface area contributed by atoms with E-state index in [-0.39, 0.29) is 17.4 Å². The number of ether oxygens (including phenoxy) is 3. The highest BCUT2D eigenvalue weighted by Gasteiger charge is 2.30. The van der Waals surface area contributed by atoms with Crippen molar-refractivity contribution in [2.75, 3.05) is 61.3 Å². The lowest BCUT2D eigenvalue weighted by molar-refractivity contribution is -0.126. The van der Waals surface area contributed by atoms with Gasteiger partial charge in [-0.25, -0.2) is 9.09 Å². The van der Waals surface area contributed by atoms with Gasteiger partial charge in [0.25, 0.3) is 5.91 Å². The fraction of sp³-hybridized carbons (Fsp3) is 0.500. The monoisotopic (exact) mass is 626 g/mol. The average molecular weight is 627 g/mol. The van der Waals surface area contributed by atoms with Crippen molar-refractivity contribution in [1.29, 1.82) is 0 Å². The second kappa shape index (κ2) is 18.2. The molecule has 12 heteroatoms. The molecule has 2 atom stereocenters. The third-order valence-electron chi connectivity index (χ3n) is 6.32. The molecule has 0 heterocycles. The van der Waals surface area contributed by atoms with Gasteiger partial charge in [-0.15, -0.1) is 0 Å². The van der Waals surface area contributed by atoms with E-state index in [9.17, 15) is 9.36 Å². The van der Waals surface area contributed by atoms with Crippen LogP contribution in [0.15, 0.2) is 59.3 Å². The smallest absolute Gasteiger partial charge is 0.497 e. The molecule has 0 fully saturated rings. The molecule has 0 aromatic heterocycles. The van der Waals surface area contributed by atoms with Gasteiger partial charge in [0.05, 0.1) is 7.11 Å². The number of carbonyl (C=O) groups excluding carboxylic acids is 1. The van der Waals surface area contributed by atoms with E-state index in [1.165, 1.54) is 24.5 Å². The van der Waals surface area contributed by atoms with Gasteiger partial charge in [-0.1, -0.05) is 41.9 Å². The van der Waals surface area contributed by atoms with Crippen LogP contribution in [0.1, 0.15) is 31.9 Å². The van der Waals surface area contributed by atoms with E-state index in [1.54, 1.807) is 7.11 Å². The normalized spacial score (nSPS) is 14.1. The number of halogens is 1. The number of hydrogen-bond acceptors (Lipinski definition) is 9. The molecule has 2 rings (SSSR count). The number of para-hydroxylation sites is 1. The van der Waals surface area contributed by atoms with Crippen LogP contribution in [0, 0.1) is 0 Å². The van der Waals surface area contributed by atoms with E-state index >= 15 is 0 Å². The van der Waals surface area contributed by atoms with Gasteiger partial charge < -0.3 is 28.5 Å². The number of phosphoric acid groups is 1. The topological polar surface area (TPSA) is 96.0 Å². The summed E-state index contributed by atoms with van der Waals surface area (Å²) in [6.07, 6.45) is 1.18. The largest absolute Gasteiger partial charge is 0.531 e. The molecule has 0 aliphatic carbocycles. The average Bonchev–Trinajstić information content (AvgIpc) is 2.99. The molecule has 2 unspecified atom stereocenters. The van der Waals surface area contributed by atoms with Crippen molar-refractivity contribution in [3.8, 4) is 11.5 Å². The molecule has 0 saturated carbocycles. The standard InChI is InChI=1S/C30H44ClN2O8P/c1-8-33(9-2)30(34)29(31)23(3)41-42(35,37-7)40-22-39-27(20-32(4)5)21-38-28-16-11-10-14-25(28)18-17-24-13-12-15-26(19-24)36-6/h10-16,19,27H,8-9,17-18,20-22H2,1-7H3. The molecular weight excluding hydrogens is 583 g/mol. The summed E-state index contributed by atoms with van der Waals surface area (Å²) in [4.78, 5) is 16.0. The van der Waals surface area contributed by atoms with Crippen molar-refractivity contribution in [1.82, 2.24) is 9.80 Å². The molecule has 0 aliphatic heterocycles. The van der Waals surface area contributed by atoms with Gasteiger partial charge in [0, 0.05) is 26.7 Å². The van der Waals surface area contributed by atoms with Crippen LogP contribution in [-0.4, -0.2) is 83.2 Å². The Hall–Kier alpha value is -2.59. The maximum atomic E-state index is 13.1. The van der Waals surface area contributed by atoms with Gasteiger partial charge >= 0.3 is 7.82 Å². The summed E-state index contributed by atoms with van der Waals surface area (Å²) in [5.41, 5.74) is 2.24. The number of amides is 1. The predicted molar refractivity (Wildman–Crippen MR) is 164 cm³/mol. The van der Waals surface area contributed by atoms with Crippen LogP contribution in [0.25, 0.3) is 0 Å². The van der Waals surface area contributed by atoms with Crippen LogP contribution < -0.4 is 9.47 Å². The molecule has 0 spiro atoms. The Morgan fingerprint density at radius 3 is 2.38 bits per heavy atom. The molecule has 1 amide bonds. The molecule has 234 valence electrons. The summed E-state index contributed by atoms with van der Waals surface area (Å²) >= 11 is 6.19. The number of benzene rings is 2. The van der Waals surface area contributed by atoms with Crippen molar-refractivity contribution >= 4 is 25.3 Å². The van der Waals surface area contributed by atoms with Crippen molar-refractivity contribution in [2.24, 2.45) is 0 Å². The van der Waals surface area contributed by atoms with Gasteiger partial charge in [0.15, 0.2) is 6.79 Å². The van der Waals surface area contributed by atoms with Gasteiger partial charge in [0.1, 0.15) is 35.0 Å². The molecule has 0 radical (unpaired) electrons. The quantitative estimate of drug-likeness (QED) is 0.0818. The fourth-order valence-electron chi connectivity index (χ4n) is 4.02. The number of methoxy groups -OCH3 is 1. The number of nitrogens with zero attached hydrogens (tertiary/aromatic N) is 2. The second-order valence-electron chi connectivity index (χ2n) is 9.64. The lowest BCUT2D eigenvalue weighted by atomic mass is 10.0. The van der Waals surface area contributed by atoms with Crippen molar-refractivity contribution in [3.63, 3.8) is 0 Å². The highest BCUT2D eigenvalue weighted by molar-refractivity contribution is 7.48. The van der Waals surface area contributed by atoms with Crippen LogP contribution in [0.4, 0.5) is 0 Å². The number of allylic oxidation sites excluding steroid dienone is 1. The summed E-state index contributed by atoms with van der Waals surface area (Å²) in [6, 6.07) is 15.9. The third-order valence-corrected chi connectivity index (χ3v) is 8.11. The zero-order valence-corrected chi connectivity index (χ0v) is 27.3. The van der Waals surface area contributed by atoms with Crippen LogP contribution in [0.3, 0.4) is 0 Å². The molecule has 0 N–H and O–H groups in total. The Balaban J connectivity index is 2.01. The number of aryl methyl sites for hydroxylation is 2. The minimum Gasteiger partial charge on any atom is -0.497 e. The lowest BCUT2D eigenvalue weighted by Crippen LogP contribution is -2.34.